The molecule has 0 aliphatic heterocycles. The van der Waals surface area contributed by atoms with Crippen LogP contribution in [0.15, 0.2) is 55.0 Å². The lowest BCUT2D eigenvalue weighted by Gasteiger charge is -1.99. The molecule has 0 aromatic carbocycles. The summed E-state index contributed by atoms with van der Waals surface area (Å²) in [5.41, 5.74) is 5.88. The van der Waals surface area contributed by atoms with Crippen LogP contribution >= 0.6 is 0 Å². The molecule has 0 saturated carbocycles. The molecule has 0 bridgehead atoms. The van der Waals surface area contributed by atoms with Gasteiger partial charge in [0.2, 0.25) is 0 Å². The van der Waals surface area contributed by atoms with E-state index < -0.39 is 0 Å². The Kier molecular flexibility index (Phi) is 6.03. The maximum Gasteiger partial charge on any atom is 0.134 e. The third-order valence-electron chi connectivity index (χ3n) is 4.37. The predicted octanol–water partition coefficient (Wildman–Crippen LogP) is 4.85. The molecule has 2 nitrogen and oxygen atoms in total. The fraction of sp³-hybridized carbons (Fsp3) is 0.0833. The van der Waals surface area contributed by atoms with Crippen molar-refractivity contribution in [2.75, 3.05) is 0 Å². The largest absolute Gasteiger partial charge is 0.457 e. The molecule has 2 heterocycles. The van der Waals surface area contributed by atoms with E-state index in [0.29, 0.717) is 11.2 Å². The molecule has 132 valence electrons. The number of rotatable bonds is 7. The quantitative estimate of drug-likeness (QED) is 0.657. The van der Waals surface area contributed by atoms with Gasteiger partial charge >= 0.3 is 0 Å². The Hall–Kier alpha value is -3.26. The number of hydrogen-bond acceptors (Lipinski definition) is 1. The highest BCUT2D eigenvalue weighted by Crippen LogP contribution is 2.25. The van der Waals surface area contributed by atoms with Crippen LogP contribution in [-0.4, -0.2) is 4.57 Å². The van der Waals surface area contributed by atoms with Gasteiger partial charge in [-0.1, -0.05) is 69.4 Å². The van der Waals surface area contributed by atoms with Crippen molar-refractivity contribution in [3.8, 4) is 0 Å². The van der Waals surface area contributed by atoms with Gasteiger partial charge in [-0.05, 0) is 25.2 Å². The van der Waals surface area contributed by atoms with Gasteiger partial charge in [0.05, 0.1) is 0 Å². The second-order valence-electron chi connectivity index (χ2n) is 5.82. The second-order valence-corrected chi connectivity index (χ2v) is 5.82. The molecule has 0 aliphatic carbocycles. The van der Waals surface area contributed by atoms with Crippen LogP contribution in [0, 0.1) is 6.92 Å². The normalized spacial score (nSPS) is 12.2. The van der Waals surface area contributed by atoms with Gasteiger partial charge in [-0.3, -0.25) is 0 Å². The summed E-state index contributed by atoms with van der Waals surface area (Å²) in [6, 6.07) is 0. The number of allylic oxidation sites excluding steroid dienone is 4. The first kappa shape index (κ1) is 19.1. The maximum absolute atomic E-state index is 5.78. The molecule has 2 heteroatoms. The van der Waals surface area contributed by atoms with E-state index in [1.165, 1.54) is 0 Å². The van der Waals surface area contributed by atoms with Crippen molar-refractivity contribution >= 4 is 37.0 Å². The summed E-state index contributed by atoms with van der Waals surface area (Å²) in [6.07, 6.45) is 17.0. The van der Waals surface area contributed by atoms with Crippen molar-refractivity contribution in [1.82, 2.24) is 4.57 Å². The third kappa shape index (κ3) is 3.40. The monoisotopic (exact) mass is 343 g/mol. The molecule has 0 fully saturated rings. The van der Waals surface area contributed by atoms with Gasteiger partial charge in [-0.25, -0.2) is 0 Å². The van der Waals surface area contributed by atoms with Crippen molar-refractivity contribution in [3.05, 3.63) is 95.1 Å². The van der Waals surface area contributed by atoms with E-state index in [2.05, 4.69) is 56.5 Å². The Morgan fingerprint density at radius 3 is 2.04 bits per heavy atom. The zero-order chi connectivity index (χ0) is 19.3. The fourth-order valence-corrected chi connectivity index (χ4v) is 2.96. The Balaban J connectivity index is 2.93. The van der Waals surface area contributed by atoms with Crippen LogP contribution in [-0.2, 0) is 7.05 Å². The van der Waals surface area contributed by atoms with Crippen LogP contribution in [0.25, 0.3) is 37.0 Å². The van der Waals surface area contributed by atoms with E-state index in [1.54, 1.807) is 18.2 Å². The Morgan fingerprint density at radius 1 is 0.885 bits per heavy atom. The van der Waals surface area contributed by atoms with Gasteiger partial charge in [0.15, 0.2) is 0 Å². The Morgan fingerprint density at radius 2 is 1.50 bits per heavy atom. The summed E-state index contributed by atoms with van der Waals surface area (Å²) in [4.78, 5) is 0. The number of hydrogen-bond donors (Lipinski definition) is 0. The molecule has 0 spiro atoms. The van der Waals surface area contributed by atoms with Crippen LogP contribution in [0.2, 0.25) is 0 Å². The summed E-state index contributed by atoms with van der Waals surface area (Å²) in [7, 11) is 2.03. The average molecular weight is 343 g/mol. The highest BCUT2D eigenvalue weighted by molar-refractivity contribution is 5.77. The number of furan rings is 1. The molecule has 26 heavy (non-hydrogen) atoms. The first-order valence-electron chi connectivity index (χ1n) is 8.35. The lowest BCUT2D eigenvalue weighted by atomic mass is 10.0. The molecule has 2 aromatic rings. The summed E-state index contributed by atoms with van der Waals surface area (Å²) >= 11 is 0. The molecular weight excluding hydrogens is 318 g/mol. The van der Waals surface area contributed by atoms with Crippen molar-refractivity contribution in [2.45, 2.75) is 6.92 Å². The third-order valence-corrected chi connectivity index (χ3v) is 4.37. The van der Waals surface area contributed by atoms with Crippen LogP contribution in [0.4, 0.5) is 0 Å². The first-order valence-corrected chi connectivity index (χ1v) is 8.35. The first-order chi connectivity index (χ1) is 12.5. The minimum atomic E-state index is 0.596. The van der Waals surface area contributed by atoms with E-state index in [0.717, 1.165) is 33.3 Å². The van der Waals surface area contributed by atoms with Gasteiger partial charge < -0.3 is 8.98 Å². The standard InChI is InChI=1S/C24H25NO/c1-8-12-14-19-17(5)25(7)23(10-3)22(19)16-21-18(6)26-24(11-4)20(21)15-13-9-2/h8-16H,1-4,6H2,5,7H3/b14-12-,15-13-,21-16+. The molecule has 2 rings (SSSR count). The zero-order valence-electron chi connectivity index (χ0n) is 15.6. The topological polar surface area (TPSA) is 18.1 Å². The van der Waals surface area contributed by atoms with E-state index in [4.69, 9.17) is 4.42 Å². The highest BCUT2D eigenvalue weighted by atomic mass is 16.3. The van der Waals surface area contributed by atoms with E-state index in [1.807, 2.05) is 31.4 Å². The van der Waals surface area contributed by atoms with E-state index >= 15 is 0 Å². The fourth-order valence-electron chi connectivity index (χ4n) is 2.96. The minimum absolute atomic E-state index is 0.596. The molecule has 0 N–H and O–H groups in total. The molecule has 0 amide bonds. The summed E-state index contributed by atoms with van der Waals surface area (Å²) in [6.45, 7) is 21.5. The van der Waals surface area contributed by atoms with Crippen LogP contribution < -0.4 is 10.6 Å². The van der Waals surface area contributed by atoms with E-state index in [9.17, 15) is 0 Å². The average Bonchev–Trinajstić information content (AvgIpc) is 3.06. The molecule has 0 saturated heterocycles. The van der Waals surface area contributed by atoms with Gasteiger partial charge in [0.1, 0.15) is 11.2 Å². The molecule has 0 atom stereocenters. The molecule has 0 unspecified atom stereocenters. The van der Waals surface area contributed by atoms with Crippen molar-refractivity contribution in [2.24, 2.45) is 7.05 Å². The summed E-state index contributed by atoms with van der Waals surface area (Å²) < 4.78 is 7.91. The molecule has 0 radical (unpaired) electrons. The Labute approximate surface area is 155 Å². The maximum atomic E-state index is 5.78. The molecule has 2 aromatic heterocycles. The van der Waals surface area contributed by atoms with Crippen LogP contribution in [0.1, 0.15) is 33.8 Å². The lowest BCUT2D eigenvalue weighted by molar-refractivity contribution is 0.523. The SMILES string of the molecule is C=C/C=C\c1c(/C=c2/c(/C=C\C=C)c(C=C)oc2=C)c(C=C)n(C)c1C. The highest BCUT2D eigenvalue weighted by Gasteiger charge is 2.14. The number of aromatic nitrogens is 1. The van der Waals surface area contributed by atoms with Crippen LogP contribution in [0.3, 0.4) is 0 Å². The van der Waals surface area contributed by atoms with E-state index in [-0.39, 0.29) is 0 Å². The van der Waals surface area contributed by atoms with Crippen molar-refractivity contribution in [1.29, 1.82) is 0 Å². The zero-order valence-corrected chi connectivity index (χ0v) is 15.6. The summed E-state index contributed by atoms with van der Waals surface area (Å²) in [5.74, 6) is 0.690. The van der Waals surface area contributed by atoms with Gasteiger partial charge in [-0.15, -0.1) is 0 Å². The second kappa shape index (κ2) is 8.21. The van der Waals surface area contributed by atoms with Gasteiger partial charge in [0.25, 0.3) is 0 Å². The Bertz CT molecular complexity index is 1040. The van der Waals surface area contributed by atoms with Gasteiger partial charge in [-0.2, -0.15) is 0 Å². The minimum Gasteiger partial charge on any atom is -0.457 e. The smallest absolute Gasteiger partial charge is 0.134 e. The van der Waals surface area contributed by atoms with Crippen LogP contribution in [0.5, 0.6) is 0 Å². The molecule has 0 aliphatic rings. The molecular formula is C24H25NO. The van der Waals surface area contributed by atoms with Gasteiger partial charge in [0, 0.05) is 40.3 Å². The van der Waals surface area contributed by atoms with Crippen molar-refractivity contribution in [3.63, 3.8) is 0 Å². The summed E-state index contributed by atoms with van der Waals surface area (Å²) in [5, 5.41) is 0.917. The van der Waals surface area contributed by atoms with Crippen molar-refractivity contribution < 1.29 is 4.42 Å². The number of nitrogens with zero attached hydrogens (tertiary/aromatic N) is 1. The predicted molar refractivity (Wildman–Crippen MR) is 116 cm³/mol. The lowest BCUT2D eigenvalue weighted by Crippen LogP contribution is -2.20.